The first kappa shape index (κ1) is 21.6. The number of rotatable bonds is 10. The van der Waals surface area contributed by atoms with Crippen molar-refractivity contribution in [1.82, 2.24) is 10.6 Å². The highest BCUT2D eigenvalue weighted by Crippen LogP contribution is 2.15. The van der Waals surface area contributed by atoms with E-state index in [4.69, 9.17) is 0 Å². The monoisotopic (exact) mass is 385 g/mol. The minimum absolute atomic E-state index is 0.228. The molecule has 2 aromatic rings. The highest BCUT2D eigenvalue weighted by molar-refractivity contribution is 5.94. The van der Waals surface area contributed by atoms with Gasteiger partial charge in [-0.05, 0) is 24.3 Å². The first-order valence-electron chi connectivity index (χ1n) is 9.38. The predicted molar refractivity (Wildman–Crippen MR) is 106 cm³/mol. The largest absolute Gasteiger partial charge is 0.600 e. The van der Waals surface area contributed by atoms with Crippen LogP contribution in [0, 0.1) is 5.21 Å². The van der Waals surface area contributed by atoms with Crippen LogP contribution in [-0.4, -0.2) is 35.7 Å². The summed E-state index contributed by atoms with van der Waals surface area (Å²) in [6.45, 7) is 2.31. The molecule has 2 rings (SSSR count). The Morgan fingerprint density at radius 2 is 1.29 bits per heavy atom. The maximum Gasteiger partial charge on any atom is 0.251 e. The van der Waals surface area contributed by atoms with Gasteiger partial charge >= 0.3 is 0 Å². The molecule has 2 amide bonds. The van der Waals surface area contributed by atoms with E-state index in [9.17, 15) is 20.0 Å². The van der Waals surface area contributed by atoms with E-state index >= 15 is 0 Å². The first-order valence-corrected chi connectivity index (χ1v) is 9.38. The van der Waals surface area contributed by atoms with Crippen LogP contribution in [0.1, 0.15) is 46.9 Å². The summed E-state index contributed by atoms with van der Waals surface area (Å²) in [6, 6.07) is 17.6. The SMILES string of the molecule is CCC(CCNC(=O)c1ccccc1)(CCNC(=O)c1ccccc1)[NH+]([O-])O. The van der Waals surface area contributed by atoms with Gasteiger partial charge in [0.2, 0.25) is 0 Å². The van der Waals surface area contributed by atoms with Crippen LogP contribution in [0.15, 0.2) is 60.7 Å². The second-order valence-corrected chi connectivity index (χ2v) is 6.68. The van der Waals surface area contributed by atoms with Gasteiger partial charge in [0.25, 0.3) is 11.8 Å². The number of hydroxylamine groups is 2. The third kappa shape index (κ3) is 5.88. The molecular formula is C21H27N3O4. The maximum absolute atomic E-state index is 12.1. The lowest BCUT2D eigenvalue weighted by molar-refractivity contribution is -1.09. The van der Waals surface area contributed by atoms with Gasteiger partial charge in [-0.1, -0.05) is 43.3 Å². The fraction of sp³-hybridized carbons (Fsp3) is 0.333. The van der Waals surface area contributed by atoms with Crippen LogP contribution in [-0.2, 0) is 0 Å². The van der Waals surface area contributed by atoms with E-state index in [1.807, 2.05) is 19.1 Å². The van der Waals surface area contributed by atoms with Crippen molar-refractivity contribution in [3.8, 4) is 0 Å². The number of hydrogen-bond donors (Lipinski definition) is 4. The number of carbonyl (C=O) groups excluding carboxylic acids is 2. The zero-order chi connectivity index (χ0) is 20.4. The van der Waals surface area contributed by atoms with E-state index in [0.717, 1.165) is 0 Å². The van der Waals surface area contributed by atoms with Crippen LogP contribution in [0.2, 0.25) is 0 Å². The molecule has 0 aromatic heterocycles. The average molecular weight is 385 g/mol. The van der Waals surface area contributed by atoms with Crippen LogP contribution in [0.5, 0.6) is 0 Å². The lowest BCUT2D eigenvalue weighted by Crippen LogP contribution is -3.14. The Balaban J connectivity index is 1.88. The Kier molecular flexibility index (Phi) is 8.13. The van der Waals surface area contributed by atoms with Gasteiger partial charge in [0, 0.05) is 43.5 Å². The van der Waals surface area contributed by atoms with Crippen molar-refractivity contribution in [2.24, 2.45) is 0 Å². The molecular weight excluding hydrogens is 358 g/mol. The van der Waals surface area contributed by atoms with Gasteiger partial charge in [0.15, 0.2) is 0 Å². The van der Waals surface area contributed by atoms with Gasteiger partial charge in [-0.2, -0.15) is 0 Å². The Hall–Kier alpha value is -2.74. The van der Waals surface area contributed by atoms with Gasteiger partial charge < -0.3 is 15.8 Å². The number of benzene rings is 2. The molecule has 0 saturated carbocycles. The quantitative estimate of drug-likeness (QED) is 0.466. The number of quaternary nitrogens is 1. The van der Waals surface area contributed by atoms with Crippen LogP contribution in [0.25, 0.3) is 0 Å². The molecule has 2 aromatic carbocycles. The van der Waals surface area contributed by atoms with Gasteiger partial charge in [-0.15, -0.1) is 0 Å². The Morgan fingerprint density at radius 1 is 0.893 bits per heavy atom. The van der Waals surface area contributed by atoms with Crippen molar-refractivity contribution in [2.75, 3.05) is 13.1 Å². The molecule has 0 spiro atoms. The summed E-state index contributed by atoms with van der Waals surface area (Å²) in [6.07, 6.45) is 0.988. The fourth-order valence-electron chi connectivity index (χ4n) is 3.06. The summed E-state index contributed by atoms with van der Waals surface area (Å²) in [5.41, 5.74) is 0.0681. The summed E-state index contributed by atoms with van der Waals surface area (Å²) in [5, 5.41) is 26.3. The molecule has 0 radical (unpaired) electrons. The van der Waals surface area contributed by atoms with E-state index in [0.29, 0.717) is 30.4 Å². The van der Waals surface area contributed by atoms with Crippen LogP contribution in [0.4, 0.5) is 0 Å². The van der Waals surface area contributed by atoms with Crippen molar-refractivity contribution in [3.05, 3.63) is 77.0 Å². The van der Waals surface area contributed by atoms with E-state index in [2.05, 4.69) is 10.6 Å². The molecule has 7 nitrogen and oxygen atoms in total. The van der Waals surface area contributed by atoms with Crippen LogP contribution < -0.4 is 15.9 Å². The topological polar surface area (TPSA) is 106 Å². The molecule has 150 valence electrons. The second-order valence-electron chi connectivity index (χ2n) is 6.68. The minimum Gasteiger partial charge on any atom is -0.600 e. The Bertz CT molecular complexity index is 693. The fourth-order valence-corrected chi connectivity index (χ4v) is 3.06. The highest BCUT2D eigenvalue weighted by atomic mass is 16.8. The van der Waals surface area contributed by atoms with Crippen molar-refractivity contribution in [1.29, 1.82) is 0 Å². The molecule has 0 aliphatic carbocycles. The minimum atomic E-state index is -1.01. The summed E-state index contributed by atoms with van der Waals surface area (Å²) >= 11 is 0. The van der Waals surface area contributed by atoms with Gasteiger partial charge in [0.05, 0.1) is 0 Å². The number of hydrogen-bond acceptors (Lipinski definition) is 4. The number of carbonyl (C=O) groups is 2. The third-order valence-corrected chi connectivity index (χ3v) is 4.98. The summed E-state index contributed by atoms with van der Waals surface area (Å²) in [7, 11) is 0. The second kappa shape index (κ2) is 10.6. The molecule has 0 saturated heterocycles. The normalized spacial score (nSPS) is 12.2. The molecule has 0 fully saturated rings. The van der Waals surface area contributed by atoms with Gasteiger partial charge in [-0.3, -0.25) is 9.59 Å². The molecule has 0 bridgehead atoms. The maximum atomic E-state index is 12.1. The predicted octanol–water partition coefficient (Wildman–Crippen LogP) is 1.55. The van der Waals surface area contributed by atoms with E-state index < -0.39 is 10.8 Å². The summed E-state index contributed by atoms with van der Waals surface area (Å²) in [5.74, 6) is -0.457. The Morgan fingerprint density at radius 3 is 1.61 bits per heavy atom. The molecule has 0 heterocycles. The van der Waals surface area contributed by atoms with Crippen molar-refractivity contribution in [2.45, 2.75) is 31.7 Å². The summed E-state index contributed by atoms with van der Waals surface area (Å²) < 4.78 is 0. The smallest absolute Gasteiger partial charge is 0.251 e. The van der Waals surface area contributed by atoms with Gasteiger partial charge in [0.1, 0.15) is 5.54 Å². The first-order chi connectivity index (χ1) is 13.5. The standard InChI is InChI=1S/C21H27N3O4/c1-2-21(24(27)28,13-15-22-19(25)17-9-5-3-6-10-17)14-16-23-20(26)18-11-7-4-8-12-18/h3-12,24,27H,2,13-16H2,1H3,(H,22,25)(H,23,26). The molecule has 28 heavy (non-hydrogen) atoms. The highest BCUT2D eigenvalue weighted by Gasteiger charge is 2.35. The zero-order valence-electron chi connectivity index (χ0n) is 16.0. The van der Waals surface area contributed by atoms with E-state index in [1.165, 1.54) is 0 Å². The molecule has 4 N–H and O–H groups in total. The zero-order valence-corrected chi connectivity index (χ0v) is 16.0. The van der Waals surface area contributed by atoms with Crippen molar-refractivity contribution in [3.63, 3.8) is 0 Å². The average Bonchev–Trinajstić information content (AvgIpc) is 2.73. The van der Waals surface area contributed by atoms with E-state index in [-0.39, 0.29) is 24.9 Å². The van der Waals surface area contributed by atoms with Crippen molar-refractivity contribution < 1.29 is 20.0 Å². The molecule has 1 atom stereocenters. The number of amides is 2. The van der Waals surface area contributed by atoms with Crippen LogP contribution >= 0.6 is 0 Å². The Labute approximate surface area is 164 Å². The molecule has 0 aliphatic rings. The lowest BCUT2D eigenvalue weighted by Gasteiger charge is -2.37. The third-order valence-electron chi connectivity index (χ3n) is 4.98. The van der Waals surface area contributed by atoms with E-state index in [1.54, 1.807) is 48.5 Å². The van der Waals surface area contributed by atoms with Crippen LogP contribution in [0.3, 0.4) is 0 Å². The summed E-state index contributed by atoms with van der Waals surface area (Å²) in [4.78, 5) is 24.3. The van der Waals surface area contributed by atoms with Crippen molar-refractivity contribution >= 4 is 11.8 Å². The lowest BCUT2D eigenvalue weighted by atomic mass is 9.88. The van der Waals surface area contributed by atoms with Gasteiger partial charge in [-0.25, -0.2) is 10.4 Å². The molecule has 1 unspecified atom stereocenters. The number of nitrogens with one attached hydrogen (secondary N) is 3. The molecule has 0 aliphatic heterocycles. The molecule has 7 heteroatoms.